The highest BCUT2D eigenvalue weighted by molar-refractivity contribution is 7.13. The molecule has 0 aliphatic rings. The number of hydrogen-bond donors (Lipinski definition) is 0. The molecule has 100 valence electrons. The molecule has 0 radical (unpaired) electrons. The Hall–Kier alpha value is -1.75. The van der Waals surface area contributed by atoms with Crippen LogP contribution >= 0.6 is 11.3 Å². The van der Waals surface area contributed by atoms with E-state index in [0.29, 0.717) is 4.88 Å². The van der Waals surface area contributed by atoms with Crippen LogP contribution in [0.1, 0.15) is 40.1 Å². The number of hydrogen-bond acceptors (Lipinski definition) is 4. The molecule has 0 bridgehead atoms. The van der Waals surface area contributed by atoms with Crippen molar-refractivity contribution in [2.45, 2.75) is 26.3 Å². The molecule has 2 heterocycles. The summed E-state index contributed by atoms with van der Waals surface area (Å²) in [4.78, 5) is 23.1. The van der Waals surface area contributed by atoms with Gasteiger partial charge in [0.05, 0.1) is 17.2 Å². The Bertz CT molecular complexity index is 553. The van der Waals surface area contributed by atoms with Crippen LogP contribution in [-0.2, 0) is 6.42 Å². The first-order chi connectivity index (χ1) is 9.13. The highest BCUT2D eigenvalue weighted by Gasteiger charge is 2.20. The lowest BCUT2D eigenvalue weighted by Gasteiger charge is -2.24. The van der Waals surface area contributed by atoms with E-state index in [4.69, 9.17) is 0 Å². The van der Waals surface area contributed by atoms with Crippen molar-refractivity contribution >= 4 is 17.2 Å². The highest BCUT2D eigenvalue weighted by atomic mass is 32.1. The van der Waals surface area contributed by atoms with E-state index in [-0.39, 0.29) is 11.9 Å². The first-order valence-corrected chi connectivity index (χ1v) is 7.07. The molecule has 0 saturated heterocycles. The largest absolute Gasteiger partial charge is 0.334 e. The lowest BCUT2D eigenvalue weighted by atomic mass is 10.1. The molecule has 2 rings (SSSR count). The van der Waals surface area contributed by atoms with Crippen LogP contribution in [0.4, 0.5) is 0 Å². The van der Waals surface area contributed by atoms with Crippen LogP contribution in [0.2, 0.25) is 0 Å². The number of carbonyl (C=O) groups excluding carboxylic acids is 1. The van der Waals surface area contributed by atoms with Crippen molar-refractivity contribution in [2.75, 3.05) is 7.05 Å². The lowest BCUT2D eigenvalue weighted by molar-refractivity contribution is 0.0747. The van der Waals surface area contributed by atoms with Gasteiger partial charge in [0, 0.05) is 19.4 Å². The third-order valence-corrected chi connectivity index (χ3v) is 4.26. The van der Waals surface area contributed by atoms with Gasteiger partial charge in [0.25, 0.3) is 5.91 Å². The number of carbonyl (C=O) groups is 1. The van der Waals surface area contributed by atoms with Crippen LogP contribution < -0.4 is 0 Å². The molecule has 0 aliphatic carbocycles. The molecule has 0 spiro atoms. The second kappa shape index (κ2) is 5.93. The van der Waals surface area contributed by atoms with Gasteiger partial charge in [-0.3, -0.25) is 9.78 Å². The molecule has 5 heteroatoms. The smallest absolute Gasteiger partial charge is 0.265 e. The molecule has 0 aliphatic heterocycles. The summed E-state index contributed by atoms with van der Waals surface area (Å²) in [7, 11) is 1.81. The Morgan fingerprint density at radius 2 is 2.26 bits per heavy atom. The van der Waals surface area contributed by atoms with Crippen molar-refractivity contribution in [3.05, 3.63) is 46.2 Å². The zero-order chi connectivity index (χ0) is 13.8. The van der Waals surface area contributed by atoms with E-state index in [9.17, 15) is 4.79 Å². The molecule has 1 amide bonds. The molecule has 0 aromatic carbocycles. The molecular weight excluding hydrogens is 258 g/mol. The number of pyridine rings is 1. The van der Waals surface area contributed by atoms with E-state index in [1.54, 1.807) is 23.5 Å². The van der Waals surface area contributed by atoms with Gasteiger partial charge in [-0.25, -0.2) is 4.98 Å². The molecule has 0 saturated carbocycles. The number of thiazole rings is 1. The van der Waals surface area contributed by atoms with Gasteiger partial charge < -0.3 is 4.90 Å². The van der Waals surface area contributed by atoms with Crippen molar-refractivity contribution in [3.63, 3.8) is 0 Å². The van der Waals surface area contributed by atoms with Gasteiger partial charge >= 0.3 is 0 Å². The van der Waals surface area contributed by atoms with Gasteiger partial charge in [-0.05, 0) is 25.0 Å². The Labute approximate surface area is 117 Å². The normalized spacial score (nSPS) is 12.2. The minimum atomic E-state index is -0.00613. The van der Waals surface area contributed by atoms with E-state index in [0.717, 1.165) is 17.0 Å². The van der Waals surface area contributed by atoms with Crippen molar-refractivity contribution in [1.29, 1.82) is 0 Å². The highest BCUT2D eigenvalue weighted by Crippen LogP contribution is 2.22. The SMILES string of the molecule is CCc1ncc(C(=O)N(C)C(C)c2cccnc2)s1. The fourth-order valence-corrected chi connectivity index (χ4v) is 2.61. The Morgan fingerprint density at radius 3 is 2.84 bits per heavy atom. The molecule has 4 nitrogen and oxygen atoms in total. The predicted molar refractivity (Wildman–Crippen MR) is 76.2 cm³/mol. The van der Waals surface area contributed by atoms with Crippen LogP contribution in [0, 0.1) is 0 Å². The van der Waals surface area contributed by atoms with Gasteiger partial charge in [0.2, 0.25) is 0 Å². The van der Waals surface area contributed by atoms with Crippen LogP contribution in [0.25, 0.3) is 0 Å². The lowest BCUT2D eigenvalue weighted by Crippen LogP contribution is -2.29. The first-order valence-electron chi connectivity index (χ1n) is 6.25. The van der Waals surface area contributed by atoms with Crippen molar-refractivity contribution in [2.24, 2.45) is 0 Å². The molecule has 2 aromatic heterocycles. The fourth-order valence-electron chi connectivity index (χ4n) is 1.77. The molecule has 2 aromatic rings. The van der Waals surface area contributed by atoms with Gasteiger partial charge in [-0.2, -0.15) is 0 Å². The summed E-state index contributed by atoms with van der Waals surface area (Å²) in [5, 5.41) is 0.991. The van der Waals surface area contributed by atoms with Gasteiger partial charge in [-0.1, -0.05) is 13.0 Å². The summed E-state index contributed by atoms with van der Waals surface area (Å²) in [6, 6.07) is 3.85. The van der Waals surface area contributed by atoms with E-state index in [2.05, 4.69) is 9.97 Å². The van der Waals surface area contributed by atoms with E-state index in [1.807, 2.05) is 33.0 Å². The minimum absolute atomic E-state index is 0.00613. The summed E-state index contributed by atoms with van der Waals surface area (Å²) in [6.07, 6.45) is 6.05. The molecule has 1 unspecified atom stereocenters. The van der Waals surface area contributed by atoms with Gasteiger partial charge in [-0.15, -0.1) is 11.3 Å². The number of amides is 1. The zero-order valence-electron chi connectivity index (χ0n) is 11.3. The zero-order valence-corrected chi connectivity index (χ0v) is 12.1. The molecule has 19 heavy (non-hydrogen) atoms. The molecule has 0 N–H and O–H groups in total. The summed E-state index contributed by atoms with van der Waals surface area (Å²) in [5.41, 5.74) is 1.03. The molecule has 0 fully saturated rings. The van der Waals surface area contributed by atoms with Gasteiger partial charge in [0.1, 0.15) is 4.88 Å². The minimum Gasteiger partial charge on any atom is -0.334 e. The summed E-state index contributed by atoms with van der Waals surface area (Å²) in [5.74, 6) is 0.00792. The standard InChI is InChI=1S/C14H17N3OS/c1-4-13-16-9-12(19-13)14(18)17(3)10(2)11-6-5-7-15-8-11/h5-10H,4H2,1-3H3. The monoisotopic (exact) mass is 275 g/mol. The number of aryl methyl sites for hydroxylation is 1. The third kappa shape index (κ3) is 2.98. The van der Waals surface area contributed by atoms with E-state index in [1.165, 1.54) is 11.3 Å². The van der Waals surface area contributed by atoms with Crippen LogP contribution in [-0.4, -0.2) is 27.8 Å². The topological polar surface area (TPSA) is 46.1 Å². The quantitative estimate of drug-likeness (QED) is 0.862. The van der Waals surface area contributed by atoms with Crippen molar-refractivity contribution in [3.8, 4) is 0 Å². The van der Waals surface area contributed by atoms with E-state index < -0.39 is 0 Å². The van der Waals surface area contributed by atoms with Gasteiger partial charge in [0.15, 0.2) is 0 Å². The van der Waals surface area contributed by atoms with Crippen LogP contribution in [0.3, 0.4) is 0 Å². The third-order valence-electron chi connectivity index (χ3n) is 3.13. The number of nitrogens with zero attached hydrogens (tertiary/aromatic N) is 3. The summed E-state index contributed by atoms with van der Waals surface area (Å²) < 4.78 is 0. The fraction of sp³-hybridized carbons (Fsp3) is 0.357. The second-order valence-electron chi connectivity index (χ2n) is 4.35. The Kier molecular flexibility index (Phi) is 4.27. The first kappa shape index (κ1) is 13.7. The average Bonchev–Trinajstić information content (AvgIpc) is 2.94. The van der Waals surface area contributed by atoms with E-state index >= 15 is 0 Å². The Balaban J connectivity index is 2.15. The Morgan fingerprint density at radius 1 is 1.47 bits per heavy atom. The maximum atomic E-state index is 12.4. The maximum Gasteiger partial charge on any atom is 0.265 e. The van der Waals surface area contributed by atoms with Crippen molar-refractivity contribution < 1.29 is 4.79 Å². The maximum absolute atomic E-state index is 12.4. The van der Waals surface area contributed by atoms with Crippen LogP contribution in [0.15, 0.2) is 30.7 Å². The average molecular weight is 275 g/mol. The second-order valence-corrected chi connectivity index (χ2v) is 5.47. The molecular formula is C14H17N3OS. The predicted octanol–water partition coefficient (Wildman–Crippen LogP) is 2.93. The summed E-state index contributed by atoms with van der Waals surface area (Å²) >= 11 is 1.46. The number of rotatable bonds is 4. The van der Waals surface area contributed by atoms with Crippen molar-refractivity contribution in [1.82, 2.24) is 14.9 Å². The molecule has 1 atom stereocenters. The number of aromatic nitrogens is 2. The van der Waals surface area contributed by atoms with Crippen LogP contribution in [0.5, 0.6) is 0 Å². The summed E-state index contributed by atoms with van der Waals surface area (Å²) in [6.45, 7) is 4.03.